The van der Waals surface area contributed by atoms with Crippen molar-refractivity contribution in [2.75, 3.05) is 13.2 Å². The van der Waals surface area contributed by atoms with Crippen molar-refractivity contribution >= 4 is 29.0 Å². The van der Waals surface area contributed by atoms with Gasteiger partial charge < -0.3 is 14.6 Å². The number of nitrogens with one attached hydrogen (secondary N) is 1. The zero-order valence-corrected chi connectivity index (χ0v) is 15.5. The number of hydrogen-bond donors (Lipinski definition) is 2. The van der Waals surface area contributed by atoms with E-state index in [2.05, 4.69) is 5.32 Å². The fourth-order valence-corrected chi connectivity index (χ4v) is 3.06. The molecule has 0 bridgehead atoms. The van der Waals surface area contributed by atoms with Gasteiger partial charge in [-0.15, -0.1) is 0 Å². The molecule has 0 unspecified atom stereocenters. The van der Waals surface area contributed by atoms with Crippen LogP contribution in [0.5, 0.6) is 11.5 Å². The lowest BCUT2D eigenvalue weighted by Gasteiger charge is -2.14. The van der Waals surface area contributed by atoms with Crippen LogP contribution in [0.25, 0.3) is 6.08 Å². The number of imide groups is 1. The summed E-state index contributed by atoms with van der Waals surface area (Å²) >= 11 is 0.875. The Labute approximate surface area is 161 Å². The van der Waals surface area contributed by atoms with E-state index in [9.17, 15) is 14.7 Å². The standard InChI is InChI=1S/C20H19NO5S/c1-13-4-2-3-5-17(13)26-12-15(22)11-25-16-8-6-14(7-9-16)10-18-19(23)21-20(24)27-18/h2-10,15,22H,11-12H2,1H3,(H,21,23,24)/t15-/m0/s1. The van der Waals surface area contributed by atoms with Crippen LogP contribution in [-0.4, -0.2) is 35.6 Å². The van der Waals surface area contributed by atoms with E-state index in [0.29, 0.717) is 10.7 Å². The zero-order chi connectivity index (χ0) is 19.2. The molecule has 0 aliphatic carbocycles. The molecule has 0 spiro atoms. The van der Waals surface area contributed by atoms with Crippen molar-refractivity contribution in [1.82, 2.24) is 5.32 Å². The van der Waals surface area contributed by atoms with E-state index in [1.807, 2.05) is 31.2 Å². The minimum atomic E-state index is -0.768. The summed E-state index contributed by atoms with van der Waals surface area (Å²) in [5, 5.41) is 11.9. The maximum absolute atomic E-state index is 11.5. The molecular formula is C20H19NO5S. The summed E-state index contributed by atoms with van der Waals surface area (Å²) in [7, 11) is 0. The Morgan fingerprint density at radius 2 is 1.78 bits per heavy atom. The van der Waals surface area contributed by atoms with Crippen molar-refractivity contribution < 1.29 is 24.2 Å². The van der Waals surface area contributed by atoms with E-state index in [1.54, 1.807) is 30.3 Å². The van der Waals surface area contributed by atoms with Crippen LogP contribution in [-0.2, 0) is 4.79 Å². The first kappa shape index (κ1) is 19.0. The van der Waals surface area contributed by atoms with Gasteiger partial charge in [-0.05, 0) is 54.1 Å². The molecule has 140 valence electrons. The summed E-state index contributed by atoms with van der Waals surface area (Å²) < 4.78 is 11.2. The number of benzene rings is 2. The van der Waals surface area contributed by atoms with E-state index in [1.165, 1.54) is 0 Å². The maximum atomic E-state index is 11.5. The second-order valence-electron chi connectivity index (χ2n) is 5.96. The average molecular weight is 385 g/mol. The Kier molecular flexibility index (Phi) is 6.16. The molecule has 1 heterocycles. The van der Waals surface area contributed by atoms with Gasteiger partial charge in [0.05, 0.1) is 4.91 Å². The van der Waals surface area contributed by atoms with E-state index < -0.39 is 6.10 Å². The first-order chi connectivity index (χ1) is 13.0. The molecular weight excluding hydrogens is 366 g/mol. The van der Waals surface area contributed by atoms with E-state index in [4.69, 9.17) is 9.47 Å². The van der Waals surface area contributed by atoms with Crippen LogP contribution in [0.3, 0.4) is 0 Å². The number of carbonyl (C=O) groups excluding carboxylic acids is 2. The summed E-state index contributed by atoms with van der Waals surface area (Å²) in [5.74, 6) is 0.940. The first-order valence-electron chi connectivity index (χ1n) is 8.35. The molecule has 2 amide bonds. The van der Waals surface area contributed by atoms with Gasteiger partial charge in [0.15, 0.2) is 0 Å². The lowest BCUT2D eigenvalue weighted by molar-refractivity contribution is -0.115. The van der Waals surface area contributed by atoms with Crippen molar-refractivity contribution in [2.24, 2.45) is 0 Å². The molecule has 2 aromatic carbocycles. The predicted molar refractivity (Wildman–Crippen MR) is 104 cm³/mol. The van der Waals surface area contributed by atoms with Gasteiger partial charge in [-0.25, -0.2) is 0 Å². The highest BCUT2D eigenvalue weighted by molar-refractivity contribution is 8.18. The van der Waals surface area contributed by atoms with Crippen LogP contribution in [0.2, 0.25) is 0 Å². The molecule has 3 rings (SSSR count). The summed E-state index contributed by atoms with van der Waals surface area (Å²) in [5.41, 5.74) is 1.78. The molecule has 2 aromatic rings. The number of hydrogen-bond acceptors (Lipinski definition) is 6. The van der Waals surface area contributed by atoms with E-state index >= 15 is 0 Å². The van der Waals surface area contributed by atoms with Crippen LogP contribution in [0.4, 0.5) is 4.79 Å². The molecule has 1 saturated heterocycles. The van der Waals surface area contributed by atoms with Crippen molar-refractivity contribution in [3.05, 3.63) is 64.6 Å². The topological polar surface area (TPSA) is 84.9 Å². The molecule has 2 N–H and O–H groups in total. The lowest BCUT2D eigenvalue weighted by atomic mass is 10.2. The summed E-state index contributed by atoms with van der Waals surface area (Å²) in [6, 6.07) is 14.6. The number of ether oxygens (including phenoxy) is 2. The number of para-hydroxylation sites is 1. The smallest absolute Gasteiger partial charge is 0.290 e. The third-order valence-corrected chi connectivity index (χ3v) is 4.60. The van der Waals surface area contributed by atoms with Gasteiger partial charge >= 0.3 is 0 Å². The monoisotopic (exact) mass is 385 g/mol. The quantitative estimate of drug-likeness (QED) is 0.713. The van der Waals surface area contributed by atoms with Crippen molar-refractivity contribution in [1.29, 1.82) is 0 Å². The van der Waals surface area contributed by atoms with Gasteiger partial charge in [-0.3, -0.25) is 14.9 Å². The van der Waals surface area contributed by atoms with Crippen LogP contribution in [0, 0.1) is 6.92 Å². The highest BCUT2D eigenvalue weighted by Crippen LogP contribution is 2.26. The Morgan fingerprint density at radius 3 is 2.44 bits per heavy atom. The number of aliphatic hydroxyl groups is 1. The summed E-state index contributed by atoms with van der Waals surface area (Å²) in [4.78, 5) is 23.0. The van der Waals surface area contributed by atoms with Gasteiger partial charge in [-0.2, -0.15) is 0 Å². The van der Waals surface area contributed by atoms with Gasteiger partial charge in [-0.1, -0.05) is 30.3 Å². The maximum Gasteiger partial charge on any atom is 0.290 e. The minimum Gasteiger partial charge on any atom is -0.491 e. The number of amides is 2. The van der Waals surface area contributed by atoms with Gasteiger partial charge in [0, 0.05) is 0 Å². The van der Waals surface area contributed by atoms with Crippen molar-refractivity contribution in [3.8, 4) is 11.5 Å². The molecule has 1 atom stereocenters. The number of thioether (sulfide) groups is 1. The largest absolute Gasteiger partial charge is 0.491 e. The Hall–Kier alpha value is -2.77. The Bertz CT molecular complexity index is 863. The SMILES string of the molecule is Cc1ccccc1OC[C@@H](O)COc1ccc(C=C2SC(=O)NC2=O)cc1. The summed E-state index contributed by atoms with van der Waals surface area (Å²) in [6.45, 7) is 2.17. The Balaban J connectivity index is 1.48. The minimum absolute atomic E-state index is 0.0963. The molecule has 0 aromatic heterocycles. The van der Waals surface area contributed by atoms with Gasteiger partial charge in [0.1, 0.15) is 30.8 Å². The highest BCUT2D eigenvalue weighted by atomic mass is 32.2. The molecule has 0 radical (unpaired) electrons. The predicted octanol–water partition coefficient (Wildman–Crippen LogP) is 3.14. The van der Waals surface area contributed by atoms with Crippen molar-refractivity contribution in [2.45, 2.75) is 13.0 Å². The van der Waals surface area contributed by atoms with E-state index in [0.717, 1.165) is 28.6 Å². The Morgan fingerprint density at radius 1 is 1.07 bits per heavy atom. The fourth-order valence-electron chi connectivity index (χ4n) is 2.38. The normalized spacial score (nSPS) is 16.3. The number of carbonyl (C=O) groups is 2. The highest BCUT2D eigenvalue weighted by Gasteiger charge is 2.24. The third-order valence-electron chi connectivity index (χ3n) is 3.79. The van der Waals surface area contributed by atoms with Crippen LogP contribution in [0.1, 0.15) is 11.1 Å². The molecule has 27 heavy (non-hydrogen) atoms. The van der Waals surface area contributed by atoms with Gasteiger partial charge in [0.2, 0.25) is 0 Å². The van der Waals surface area contributed by atoms with Gasteiger partial charge in [0.25, 0.3) is 11.1 Å². The molecule has 1 fully saturated rings. The number of aliphatic hydroxyl groups excluding tert-OH is 1. The average Bonchev–Trinajstić information content (AvgIpc) is 2.97. The first-order valence-corrected chi connectivity index (χ1v) is 9.17. The molecule has 0 saturated carbocycles. The zero-order valence-electron chi connectivity index (χ0n) is 14.7. The number of aryl methyl sites for hydroxylation is 1. The third kappa shape index (κ3) is 5.35. The fraction of sp³-hybridized carbons (Fsp3) is 0.200. The molecule has 7 heteroatoms. The van der Waals surface area contributed by atoms with Crippen LogP contribution < -0.4 is 14.8 Å². The van der Waals surface area contributed by atoms with Crippen LogP contribution >= 0.6 is 11.8 Å². The lowest BCUT2D eigenvalue weighted by Crippen LogP contribution is -2.25. The van der Waals surface area contributed by atoms with Crippen molar-refractivity contribution in [3.63, 3.8) is 0 Å². The molecule has 1 aliphatic heterocycles. The molecule has 1 aliphatic rings. The van der Waals surface area contributed by atoms with E-state index in [-0.39, 0.29) is 24.4 Å². The molecule has 6 nitrogen and oxygen atoms in total. The second-order valence-corrected chi connectivity index (χ2v) is 6.98. The number of rotatable bonds is 7. The summed E-state index contributed by atoms with van der Waals surface area (Å²) in [6.07, 6.45) is 0.871. The van der Waals surface area contributed by atoms with Crippen LogP contribution in [0.15, 0.2) is 53.4 Å². The second kappa shape index (κ2) is 8.75.